The number of carbonyl (C=O) groups excluding carboxylic acids is 1. The lowest BCUT2D eigenvalue weighted by atomic mass is 10.1. The number of thioether (sulfide) groups is 1. The van der Waals surface area contributed by atoms with Gasteiger partial charge < -0.3 is 9.47 Å². The van der Waals surface area contributed by atoms with Crippen molar-refractivity contribution in [2.45, 2.75) is 39.7 Å². The maximum atomic E-state index is 12.8. The predicted molar refractivity (Wildman–Crippen MR) is 130 cm³/mol. The van der Waals surface area contributed by atoms with Crippen molar-refractivity contribution in [2.24, 2.45) is 10.1 Å². The Bertz CT molecular complexity index is 1170. The molecule has 0 spiro atoms. The van der Waals surface area contributed by atoms with Crippen molar-refractivity contribution < 1.29 is 4.79 Å². The first-order valence-corrected chi connectivity index (χ1v) is 11.8. The average Bonchev–Trinajstić information content (AvgIpc) is 3.34. The number of aliphatic imine (C=N–C) groups is 1. The van der Waals surface area contributed by atoms with Gasteiger partial charge in [-0.2, -0.15) is 10.0 Å². The summed E-state index contributed by atoms with van der Waals surface area (Å²) in [6.07, 6.45) is 5.31. The average molecular weight is 447 g/mol. The van der Waals surface area contributed by atoms with Gasteiger partial charge in [-0.05, 0) is 68.1 Å². The van der Waals surface area contributed by atoms with Gasteiger partial charge >= 0.3 is 0 Å². The molecule has 0 aliphatic carbocycles. The van der Waals surface area contributed by atoms with Crippen LogP contribution in [0.15, 0.2) is 52.1 Å². The summed E-state index contributed by atoms with van der Waals surface area (Å²) >= 11 is 1.39. The maximum absolute atomic E-state index is 12.8. The standard InChI is InChI=1S/C24H26N6OS/c1-16-13-19(17(2)29(16)15-18-9-5-3-6-10-18)14-20-21(25)30-23(26-22(20)31)32-24(27-30)28-11-7-4-8-12-28/h3,5-6,9-10,13-14,25H,4,7-8,11-12,15H2,1-2H3/b20-14+,25-21?. The van der Waals surface area contributed by atoms with Crippen molar-refractivity contribution >= 4 is 39.9 Å². The molecule has 5 rings (SSSR count). The number of nitrogens with one attached hydrogen (secondary N) is 1. The molecule has 4 heterocycles. The Labute approximate surface area is 192 Å². The molecule has 2 aromatic rings. The molecule has 8 heteroatoms. The fraction of sp³-hybridized carbons (Fsp3) is 0.333. The zero-order valence-corrected chi connectivity index (χ0v) is 19.2. The van der Waals surface area contributed by atoms with E-state index in [1.807, 2.05) is 25.1 Å². The molecule has 1 N–H and O–H groups in total. The van der Waals surface area contributed by atoms with Crippen molar-refractivity contribution in [3.8, 4) is 0 Å². The fourth-order valence-corrected chi connectivity index (χ4v) is 5.28. The number of piperidine rings is 1. The van der Waals surface area contributed by atoms with E-state index in [2.05, 4.69) is 44.7 Å². The van der Waals surface area contributed by atoms with Crippen molar-refractivity contribution in [2.75, 3.05) is 13.1 Å². The van der Waals surface area contributed by atoms with Crippen LogP contribution in [0.4, 0.5) is 0 Å². The first-order valence-electron chi connectivity index (χ1n) is 11.0. The Morgan fingerprint density at radius 1 is 1.09 bits per heavy atom. The summed E-state index contributed by atoms with van der Waals surface area (Å²) in [7, 11) is 0. The third-order valence-electron chi connectivity index (χ3n) is 6.17. The molecule has 0 saturated carbocycles. The number of likely N-dealkylation sites (tertiary alicyclic amines) is 1. The maximum Gasteiger partial charge on any atom is 0.283 e. The van der Waals surface area contributed by atoms with Gasteiger partial charge in [0.2, 0.25) is 5.17 Å². The second-order valence-corrected chi connectivity index (χ2v) is 9.28. The molecule has 0 atom stereocenters. The number of hydrogen-bond acceptors (Lipinski definition) is 5. The predicted octanol–water partition coefficient (Wildman–Crippen LogP) is 4.22. The van der Waals surface area contributed by atoms with Crippen molar-refractivity contribution in [3.63, 3.8) is 0 Å². The largest absolute Gasteiger partial charge is 0.349 e. The Kier molecular flexibility index (Phi) is 5.46. The molecule has 1 fully saturated rings. The Hall–Kier alpha value is -3.13. The van der Waals surface area contributed by atoms with Crippen molar-refractivity contribution in [1.29, 1.82) is 5.41 Å². The lowest BCUT2D eigenvalue weighted by molar-refractivity contribution is -0.114. The Morgan fingerprint density at radius 2 is 1.84 bits per heavy atom. The second kappa shape index (κ2) is 8.43. The van der Waals surface area contributed by atoms with Crippen LogP contribution in [0.1, 0.15) is 41.8 Å². The SMILES string of the molecule is Cc1cc(/C=C2\C(=N)N3N=C(N4CCCCC4)SC3=NC2=O)c(C)n1Cc1ccccc1. The van der Waals surface area contributed by atoms with Crippen LogP contribution in [0, 0.1) is 19.3 Å². The van der Waals surface area contributed by atoms with E-state index in [0.717, 1.165) is 54.6 Å². The number of hydrogen-bond donors (Lipinski definition) is 1. The van der Waals surface area contributed by atoms with Gasteiger partial charge in [-0.15, -0.1) is 5.10 Å². The minimum Gasteiger partial charge on any atom is -0.349 e. The van der Waals surface area contributed by atoms with E-state index in [9.17, 15) is 4.79 Å². The molecular weight excluding hydrogens is 420 g/mol. The number of hydrazone groups is 1. The quantitative estimate of drug-likeness (QED) is 0.717. The van der Waals surface area contributed by atoms with Crippen LogP contribution < -0.4 is 0 Å². The number of fused-ring (bicyclic) bond motifs is 1. The van der Waals surface area contributed by atoms with Crippen molar-refractivity contribution in [1.82, 2.24) is 14.5 Å². The number of aromatic nitrogens is 1. The number of amides is 1. The summed E-state index contributed by atoms with van der Waals surface area (Å²) in [5.74, 6) is -0.288. The molecule has 7 nitrogen and oxygen atoms in total. The van der Waals surface area contributed by atoms with E-state index >= 15 is 0 Å². The molecule has 3 aliphatic heterocycles. The summed E-state index contributed by atoms with van der Waals surface area (Å²) in [5, 5.41) is 16.1. The highest BCUT2D eigenvalue weighted by Gasteiger charge is 2.37. The van der Waals surface area contributed by atoms with Gasteiger partial charge in [0.15, 0.2) is 11.0 Å². The van der Waals surface area contributed by atoms with Crippen LogP contribution in [-0.2, 0) is 11.3 Å². The van der Waals surface area contributed by atoms with Crippen LogP contribution in [0.2, 0.25) is 0 Å². The van der Waals surface area contributed by atoms with Crippen LogP contribution in [-0.4, -0.2) is 49.6 Å². The topological polar surface area (TPSA) is 77.1 Å². The summed E-state index contributed by atoms with van der Waals surface area (Å²) in [6.45, 7) is 6.80. The number of rotatable bonds is 3. The zero-order valence-electron chi connectivity index (χ0n) is 18.3. The molecule has 164 valence electrons. The fourth-order valence-electron chi connectivity index (χ4n) is 4.33. The molecule has 0 bridgehead atoms. The van der Waals surface area contributed by atoms with Gasteiger partial charge in [0.25, 0.3) is 5.91 Å². The molecular formula is C24H26N6OS. The third kappa shape index (κ3) is 3.79. The van der Waals surface area contributed by atoms with Gasteiger partial charge in [0.05, 0.1) is 5.57 Å². The molecule has 1 amide bonds. The smallest absolute Gasteiger partial charge is 0.283 e. The first-order chi connectivity index (χ1) is 15.5. The number of amidine groups is 3. The van der Waals surface area contributed by atoms with Crippen LogP contribution >= 0.6 is 11.8 Å². The summed E-state index contributed by atoms with van der Waals surface area (Å²) in [5.41, 5.74) is 4.59. The van der Waals surface area contributed by atoms with Gasteiger partial charge in [-0.3, -0.25) is 10.2 Å². The highest BCUT2D eigenvalue weighted by Crippen LogP contribution is 2.31. The highest BCUT2D eigenvalue weighted by atomic mass is 32.2. The van der Waals surface area contributed by atoms with Crippen molar-refractivity contribution in [3.05, 3.63) is 64.5 Å². The van der Waals surface area contributed by atoms with E-state index in [4.69, 9.17) is 5.41 Å². The van der Waals surface area contributed by atoms with E-state index in [1.165, 1.54) is 28.8 Å². The second-order valence-electron chi connectivity index (χ2n) is 8.35. The zero-order chi connectivity index (χ0) is 22.2. The molecule has 1 saturated heterocycles. The number of aryl methyl sites for hydroxylation is 1. The monoisotopic (exact) mass is 446 g/mol. The highest BCUT2D eigenvalue weighted by molar-refractivity contribution is 8.26. The first kappa shape index (κ1) is 20.8. The molecule has 1 aromatic heterocycles. The Balaban J connectivity index is 1.43. The van der Waals surface area contributed by atoms with E-state index in [0.29, 0.717) is 5.17 Å². The molecule has 32 heavy (non-hydrogen) atoms. The van der Waals surface area contributed by atoms with Crippen LogP contribution in [0.25, 0.3) is 6.08 Å². The van der Waals surface area contributed by atoms with E-state index in [1.54, 1.807) is 6.08 Å². The minimum atomic E-state index is -0.378. The van der Waals surface area contributed by atoms with E-state index < -0.39 is 0 Å². The third-order valence-corrected chi connectivity index (χ3v) is 7.14. The summed E-state index contributed by atoms with van der Waals surface area (Å²) < 4.78 is 2.23. The molecule has 3 aliphatic rings. The summed E-state index contributed by atoms with van der Waals surface area (Å²) in [6, 6.07) is 12.4. The summed E-state index contributed by atoms with van der Waals surface area (Å²) in [4.78, 5) is 19.3. The Morgan fingerprint density at radius 3 is 2.59 bits per heavy atom. The van der Waals surface area contributed by atoms with E-state index in [-0.39, 0.29) is 17.3 Å². The normalized spacial score (nSPS) is 20.0. The van der Waals surface area contributed by atoms with Gasteiger partial charge in [-0.25, -0.2) is 0 Å². The van der Waals surface area contributed by atoms with Crippen LogP contribution in [0.5, 0.6) is 0 Å². The number of carbonyl (C=O) groups is 1. The molecule has 1 aromatic carbocycles. The van der Waals surface area contributed by atoms with Gasteiger partial charge in [0, 0.05) is 31.0 Å². The van der Waals surface area contributed by atoms with Gasteiger partial charge in [-0.1, -0.05) is 30.3 Å². The molecule has 0 radical (unpaired) electrons. The number of nitrogens with zero attached hydrogens (tertiary/aromatic N) is 5. The number of benzene rings is 1. The van der Waals surface area contributed by atoms with Gasteiger partial charge in [0.1, 0.15) is 0 Å². The lowest BCUT2D eigenvalue weighted by Gasteiger charge is -2.26. The minimum absolute atomic E-state index is 0.0902. The lowest BCUT2D eigenvalue weighted by Crippen LogP contribution is -2.35. The van der Waals surface area contributed by atoms with Crippen LogP contribution in [0.3, 0.4) is 0 Å². The molecule has 0 unspecified atom stereocenters.